The van der Waals surface area contributed by atoms with Crippen molar-refractivity contribution in [3.05, 3.63) is 59.4 Å². The lowest BCUT2D eigenvalue weighted by Crippen LogP contribution is -2.10. The molecule has 0 aliphatic carbocycles. The van der Waals surface area contributed by atoms with Crippen molar-refractivity contribution in [1.29, 1.82) is 0 Å². The van der Waals surface area contributed by atoms with Crippen LogP contribution < -0.4 is 0 Å². The van der Waals surface area contributed by atoms with Crippen LogP contribution in [0, 0.1) is 6.92 Å². The van der Waals surface area contributed by atoms with Crippen molar-refractivity contribution in [3.8, 4) is 0 Å². The zero-order valence-electron chi connectivity index (χ0n) is 15.4. The highest BCUT2D eigenvalue weighted by molar-refractivity contribution is 5.72. The molecule has 0 aliphatic rings. The molecule has 0 spiro atoms. The van der Waals surface area contributed by atoms with Gasteiger partial charge >= 0.3 is 5.97 Å². The van der Waals surface area contributed by atoms with Crippen LogP contribution in [0.4, 0.5) is 11.5 Å². The van der Waals surface area contributed by atoms with Gasteiger partial charge < -0.3 is 5.11 Å². The van der Waals surface area contributed by atoms with E-state index in [1.807, 2.05) is 49.5 Å². The largest absolute Gasteiger partial charge is 0.481 e. The van der Waals surface area contributed by atoms with Gasteiger partial charge in [0.15, 0.2) is 5.82 Å². The molecule has 0 saturated carbocycles. The van der Waals surface area contributed by atoms with Crippen molar-refractivity contribution in [2.24, 2.45) is 10.2 Å². The first kappa shape index (κ1) is 17.8. The fraction of sp³-hybridized carbons (Fsp3) is 0.300. The van der Waals surface area contributed by atoms with E-state index in [-0.39, 0.29) is 11.8 Å². The molecule has 1 aromatic carbocycles. The third kappa shape index (κ3) is 3.64. The van der Waals surface area contributed by atoms with Crippen LogP contribution in [-0.2, 0) is 16.6 Å². The Hall–Kier alpha value is -3.02. The van der Waals surface area contributed by atoms with Crippen LogP contribution in [-0.4, -0.2) is 20.5 Å². The van der Waals surface area contributed by atoms with Crippen molar-refractivity contribution in [2.75, 3.05) is 0 Å². The minimum Gasteiger partial charge on any atom is -0.481 e. The van der Waals surface area contributed by atoms with E-state index in [4.69, 9.17) is 5.11 Å². The fourth-order valence-corrected chi connectivity index (χ4v) is 2.74. The molecule has 6 heteroatoms. The maximum absolute atomic E-state index is 11.2. The normalized spacial score (nSPS) is 12.2. The Morgan fingerprint density at radius 2 is 1.85 bits per heavy atom. The number of azo groups is 1. The van der Waals surface area contributed by atoms with Gasteiger partial charge in [-0.15, -0.1) is 10.2 Å². The molecule has 2 heterocycles. The molecule has 2 aromatic heterocycles. The summed E-state index contributed by atoms with van der Waals surface area (Å²) in [5, 5.41) is 17.8. The number of carbonyl (C=O) groups is 1. The Balaban J connectivity index is 2.00. The zero-order valence-corrected chi connectivity index (χ0v) is 15.4. The number of pyridine rings is 1. The molecule has 0 atom stereocenters. The molecule has 0 saturated heterocycles. The number of hydrogen-bond donors (Lipinski definition) is 1. The summed E-state index contributed by atoms with van der Waals surface area (Å²) in [4.78, 5) is 15.6. The summed E-state index contributed by atoms with van der Waals surface area (Å²) in [6.45, 7) is 8.40. The maximum Gasteiger partial charge on any atom is 0.309 e. The first-order valence-corrected chi connectivity index (χ1v) is 8.46. The van der Waals surface area contributed by atoms with Crippen LogP contribution in [0.2, 0.25) is 0 Å². The molecule has 0 fully saturated rings. The average Bonchev–Trinajstić information content (AvgIpc) is 2.90. The molecular weight excluding hydrogens is 328 g/mol. The van der Waals surface area contributed by atoms with Crippen LogP contribution in [0.25, 0.3) is 5.65 Å². The number of nitrogens with zero attached hydrogens (tertiary/aromatic N) is 4. The minimum absolute atomic E-state index is 0.0729. The Labute approximate surface area is 152 Å². The summed E-state index contributed by atoms with van der Waals surface area (Å²) in [5.41, 5.74) is 4.05. The Morgan fingerprint density at radius 1 is 1.15 bits per heavy atom. The van der Waals surface area contributed by atoms with Gasteiger partial charge in [-0.3, -0.25) is 9.20 Å². The van der Waals surface area contributed by atoms with Crippen molar-refractivity contribution < 1.29 is 9.90 Å². The van der Waals surface area contributed by atoms with Crippen molar-refractivity contribution >= 4 is 23.1 Å². The number of aromatic nitrogens is 2. The average molecular weight is 350 g/mol. The summed E-state index contributed by atoms with van der Waals surface area (Å²) in [6, 6.07) is 11.7. The molecule has 26 heavy (non-hydrogen) atoms. The van der Waals surface area contributed by atoms with Gasteiger partial charge in [0, 0.05) is 6.20 Å². The summed E-state index contributed by atoms with van der Waals surface area (Å²) >= 11 is 0. The van der Waals surface area contributed by atoms with Crippen LogP contribution in [0.5, 0.6) is 0 Å². The van der Waals surface area contributed by atoms with E-state index in [0.717, 1.165) is 5.56 Å². The lowest BCUT2D eigenvalue weighted by atomic mass is 9.87. The number of aryl methyl sites for hydroxylation is 1. The molecular formula is C20H22N4O2. The SMILES string of the molecule is Cc1cccn2c(N=Nc3ccc(C(C)(C)C)cc3)c(CC(=O)O)nc12. The highest BCUT2D eigenvalue weighted by Gasteiger charge is 2.16. The summed E-state index contributed by atoms with van der Waals surface area (Å²) in [6.07, 6.45) is 1.62. The van der Waals surface area contributed by atoms with Gasteiger partial charge in [0.2, 0.25) is 0 Å². The fourth-order valence-electron chi connectivity index (χ4n) is 2.74. The number of rotatable bonds is 4. The number of carboxylic acids is 1. The van der Waals surface area contributed by atoms with Gasteiger partial charge in [0.25, 0.3) is 0 Å². The molecule has 0 aliphatic heterocycles. The standard InChI is InChI=1S/C20H22N4O2/c1-13-6-5-11-24-18(13)21-16(12-17(25)26)19(24)23-22-15-9-7-14(8-10-15)20(2,3)4/h5-11H,12H2,1-4H3,(H,25,26). The predicted molar refractivity (Wildman–Crippen MR) is 101 cm³/mol. The zero-order chi connectivity index (χ0) is 18.9. The molecule has 0 radical (unpaired) electrons. The van der Waals surface area contributed by atoms with E-state index in [2.05, 4.69) is 36.0 Å². The number of benzene rings is 1. The second-order valence-corrected chi connectivity index (χ2v) is 7.33. The highest BCUT2D eigenvalue weighted by Crippen LogP contribution is 2.28. The topological polar surface area (TPSA) is 79.3 Å². The molecule has 134 valence electrons. The van der Waals surface area contributed by atoms with Gasteiger partial charge in [-0.1, -0.05) is 39.0 Å². The van der Waals surface area contributed by atoms with E-state index in [1.165, 1.54) is 5.56 Å². The third-order valence-corrected chi connectivity index (χ3v) is 4.20. The van der Waals surface area contributed by atoms with Crippen LogP contribution in [0.3, 0.4) is 0 Å². The Kier molecular flexibility index (Phi) is 4.59. The molecule has 0 bridgehead atoms. The van der Waals surface area contributed by atoms with Gasteiger partial charge in [-0.05, 0) is 41.7 Å². The van der Waals surface area contributed by atoms with Gasteiger partial charge in [-0.2, -0.15) is 0 Å². The van der Waals surface area contributed by atoms with Crippen LogP contribution in [0.15, 0.2) is 52.8 Å². The van der Waals surface area contributed by atoms with E-state index < -0.39 is 5.97 Å². The van der Waals surface area contributed by atoms with Crippen LogP contribution in [0.1, 0.15) is 37.6 Å². The quantitative estimate of drug-likeness (QED) is 0.674. The summed E-state index contributed by atoms with van der Waals surface area (Å²) in [5.74, 6) is -0.497. The number of imidazole rings is 1. The number of carboxylic acid groups (broad SMARTS) is 1. The Morgan fingerprint density at radius 3 is 2.46 bits per heavy atom. The smallest absolute Gasteiger partial charge is 0.309 e. The first-order chi connectivity index (χ1) is 12.3. The second kappa shape index (κ2) is 6.71. The van der Waals surface area contributed by atoms with Crippen molar-refractivity contribution in [3.63, 3.8) is 0 Å². The Bertz CT molecular complexity index is 979. The second-order valence-electron chi connectivity index (χ2n) is 7.33. The van der Waals surface area contributed by atoms with Crippen LogP contribution >= 0.6 is 0 Å². The number of fused-ring (bicyclic) bond motifs is 1. The lowest BCUT2D eigenvalue weighted by molar-refractivity contribution is -0.136. The van der Waals surface area contributed by atoms with E-state index in [1.54, 1.807) is 4.40 Å². The molecule has 6 nitrogen and oxygen atoms in total. The monoisotopic (exact) mass is 350 g/mol. The number of hydrogen-bond acceptors (Lipinski definition) is 4. The molecule has 0 unspecified atom stereocenters. The molecule has 3 aromatic rings. The predicted octanol–water partition coefficient (Wildman–Crippen LogP) is 4.98. The van der Waals surface area contributed by atoms with Gasteiger partial charge in [-0.25, -0.2) is 4.98 Å². The lowest BCUT2D eigenvalue weighted by Gasteiger charge is -2.18. The first-order valence-electron chi connectivity index (χ1n) is 8.46. The van der Waals surface area contributed by atoms with Gasteiger partial charge in [0.1, 0.15) is 5.65 Å². The van der Waals surface area contributed by atoms with Crippen molar-refractivity contribution in [1.82, 2.24) is 9.38 Å². The maximum atomic E-state index is 11.2. The van der Waals surface area contributed by atoms with E-state index in [9.17, 15) is 4.79 Å². The molecule has 1 N–H and O–H groups in total. The van der Waals surface area contributed by atoms with Crippen molar-refractivity contribution in [2.45, 2.75) is 39.5 Å². The number of aliphatic carboxylic acids is 1. The highest BCUT2D eigenvalue weighted by atomic mass is 16.4. The summed E-state index contributed by atoms with van der Waals surface area (Å²) in [7, 11) is 0. The molecule has 0 amide bonds. The van der Waals surface area contributed by atoms with E-state index in [0.29, 0.717) is 22.8 Å². The summed E-state index contributed by atoms with van der Waals surface area (Å²) < 4.78 is 1.78. The third-order valence-electron chi connectivity index (χ3n) is 4.20. The minimum atomic E-state index is -0.947. The van der Waals surface area contributed by atoms with Gasteiger partial charge in [0.05, 0.1) is 17.8 Å². The molecule has 3 rings (SSSR count). The van der Waals surface area contributed by atoms with E-state index >= 15 is 0 Å².